The smallest absolute Gasteiger partial charge is 0.294 e. The van der Waals surface area contributed by atoms with E-state index in [0.29, 0.717) is 17.0 Å². The Morgan fingerprint density at radius 3 is 2.95 bits per heavy atom. The molecule has 2 rings (SSSR count). The largest absolute Gasteiger partial charge is 0.314 e. The van der Waals surface area contributed by atoms with Gasteiger partial charge in [0.2, 0.25) is 0 Å². The maximum absolute atomic E-state index is 13.1. The molecule has 0 fully saturated rings. The van der Waals surface area contributed by atoms with Crippen molar-refractivity contribution in [2.45, 2.75) is 13.3 Å². The molecule has 0 atom stereocenters. The summed E-state index contributed by atoms with van der Waals surface area (Å²) >= 11 is 7.12. The van der Waals surface area contributed by atoms with Crippen molar-refractivity contribution in [3.05, 3.63) is 49.7 Å². The van der Waals surface area contributed by atoms with Gasteiger partial charge in [0.15, 0.2) is 0 Å². The number of aromatic nitrogens is 1. The summed E-state index contributed by atoms with van der Waals surface area (Å²) < 4.78 is 13.1. The van der Waals surface area contributed by atoms with Gasteiger partial charge in [0.25, 0.3) is 5.09 Å². The molecule has 20 heavy (non-hydrogen) atoms. The van der Waals surface area contributed by atoms with Crippen LogP contribution in [0.5, 0.6) is 0 Å². The van der Waals surface area contributed by atoms with Gasteiger partial charge in [0.1, 0.15) is 17.4 Å². The number of hydrogen-bond acceptors (Lipinski definition) is 5. The average Bonchev–Trinajstić information content (AvgIpc) is 2.74. The zero-order valence-electron chi connectivity index (χ0n) is 10.4. The third-order valence-corrected chi connectivity index (χ3v) is 4.14. The van der Waals surface area contributed by atoms with Crippen LogP contribution in [-0.4, -0.2) is 16.7 Å². The van der Waals surface area contributed by atoms with E-state index in [1.54, 1.807) is 6.07 Å². The molecule has 0 spiro atoms. The molecule has 1 aromatic carbocycles. The zero-order chi connectivity index (χ0) is 14.7. The predicted octanol–water partition coefficient (Wildman–Crippen LogP) is 3.66. The van der Waals surface area contributed by atoms with E-state index in [1.807, 2.05) is 6.92 Å². The Bertz CT molecular complexity index is 648. The summed E-state index contributed by atoms with van der Waals surface area (Å²) in [6.07, 6.45) is 0.402. The standard InChI is InChI=1S/C12H10ClFN2O3S/c1-7-11(4-5-19-16(17)18)20-12(15-7)8-2-3-10(14)9(13)6-8/h2-3,6H,4-5H2,1H3. The van der Waals surface area contributed by atoms with Crippen molar-refractivity contribution in [1.82, 2.24) is 4.98 Å². The van der Waals surface area contributed by atoms with Crippen molar-refractivity contribution in [3.8, 4) is 10.6 Å². The van der Waals surface area contributed by atoms with Crippen LogP contribution in [0.2, 0.25) is 5.02 Å². The van der Waals surface area contributed by atoms with Crippen LogP contribution in [0.25, 0.3) is 10.6 Å². The summed E-state index contributed by atoms with van der Waals surface area (Å²) in [7, 11) is 0. The van der Waals surface area contributed by atoms with Crippen LogP contribution < -0.4 is 0 Å². The molecule has 0 saturated carbocycles. The molecule has 0 aliphatic heterocycles. The van der Waals surface area contributed by atoms with Gasteiger partial charge in [-0.2, -0.15) is 0 Å². The molecule has 1 heterocycles. The molecule has 0 aliphatic rings. The van der Waals surface area contributed by atoms with Gasteiger partial charge in [0, 0.05) is 16.9 Å². The highest BCUT2D eigenvalue weighted by Gasteiger charge is 2.11. The number of aryl methyl sites for hydroxylation is 1. The fourth-order valence-corrected chi connectivity index (χ4v) is 2.85. The third-order valence-electron chi connectivity index (χ3n) is 2.59. The summed E-state index contributed by atoms with van der Waals surface area (Å²) in [6, 6.07) is 4.38. The third kappa shape index (κ3) is 3.43. The summed E-state index contributed by atoms with van der Waals surface area (Å²) in [4.78, 5) is 19.6. The maximum atomic E-state index is 13.1. The Labute approximate surface area is 123 Å². The van der Waals surface area contributed by atoms with Crippen LogP contribution in [0, 0.1) is 22.9 Å². The van der Waals surface area contributed by atoms with Crippen molar-refractivity contribution in [2.75, 3.05) is 6.61 Å². The number of nitrogens with zero attached hydrogens (tertiary/aromatic N) is 2. The lowest BCUT2D eigenvalue weighted by atomic mass is 10.2. The summed E-state index contributed by atoms with van der Waals surface area (Å²) in [5.41, 5.74) is 1.49. The van der Waals surface area contributed by atoms with Gasteiger partial charge < -0.3 is 4.84 Å². The second-order valence-corrected chi connectivity index (χ2v) is 5.45. The van der Waals surface area contributed by atoms with Gasteiger partial charge in [-0.25, -0.2) is 9.37 Å². The predicted molar refractivity (Wildman–Crippen MR) is 73.9 cm³/mol. The molecule has 0 unspecified atom stereocenters. The first-order valence-electron chi connectivity index (χ1n) is 5.66. The second-order valence-electron chi connectivity index (χ2n) is 3.96. The number of halogens is 2. The van der Waals surface area contributed by atoms with Gasteiger partial charge in [-0.3, -0.25) is 0 Å². The van der Waals surface area contributed by atoms with Crippen LogP contribution in [0.15, 0.2) is 18.2 Å². The molecular weight excluding hydrogens is 307 g/mol. The molecule has 0 N–H and O–H groups in total. The van der Waals surface area contributed by atoms with Gasteiger partial charge in [0.05, 0.1) is 10.7 Å². The van der Waals surface area contributed by atoms with E-state index in [1.165, 1.54) is 23.5 Å². The minimum absolute atomic E-state index is 0.0142. The lowest BCUT2D eigenvalue weighted by Crippen LogP contribution is -2.04. The molecule has 1 aromatic heterocycles. The lowest BCUT2D eigenvalue weighted by molar-refractivity contribution is -0.757. The number of rotatable bonds is 5. The van der Waals surface area contributed by atoms with E-state index >= 15 is 0 Å². The normalized spacial score (nSPS) is 10.6. The van der Waals surface area contributed by atoms with Crippen molar-refractivity contribution in [2.24, 2.45) is 0 Å². The maximum Gasteiger partial charge on any atom is 0.294 e. The van der Waals surface area contributed by atoms with Crippen molar-refractivity contribution in [1.29, 1.82) is 0 Å². The molecule has 106 valence electrons. The molecule has 0 radical (unpaired) electrons. The van der Waals surface area contributed by atoms with Gasteiger partial charge in [-0.15, -0.1) is 21.5 Å². The fourth-order valence-electron chi connectivity index (χ4n) is 1.63. The Kier molecular flexibility index (Phi) is 4.51. The van der Waals surface area contributed by atoms with E-state index in [-0.39, 0.29) is 11.6 Å². The Balaban J connectivity index is 2.17. The van der Waals surface area contributed by atoms with E-state index in [2.05, 4.69) is 9.82 Å². The highest BCUT2D eigenvalue weighted by Crippen LogP contribution is 2.30. The molecule has 2 aromatic rings. The van der Waals surface area contributed by atoms with Crippen LogP contribution in [0.4, 0.5) is 4.39 Å². The Morgan fingerprint density at radius 1 is 1.55 bits per heavy atom. The molecule has 0 aliphatic carbocycles. The molecule has 0 bridgehead atoms. The minimum atomic E-state index is -0.822. The Hall–Kier alpha value is -1.73. The highest BCUT2D eigenvalue weighted by atomic mass is 35.5. The quantitative estimate of drug-likeness (QED) is 0.623. The minimum Gasteiger partial charge on any atom is -0.314 e. The van der Waals surface area contributed by atoms with Crippen LogP contribution >= 0.6 is 22.9 Å². The first kappa shape index (κ1) is 14.7. The van der Waals surface area contributed by atoms with E-state index in [4.69, 9.17) is 11.6 Å². The van der Waals surface area contributed by atoms with Crippen LogP contribution in [0.1, 0.15) is 10.6 Å². The fraction of sp³-hybridized carbons (Fsp3) is 0.250. The van der Waals surface area contributed by atoms with Crippen LogP contribution in [0.3, 0.4) is 0 Å². The van der Waals surface area contributed by atoms with E-state index in [0.717, 1.165) is 10.6 Å². The van der Waals surface area contributed by atoms with Gasteiger partial charge >= 0.3 is 0 Å². The number of thiazole rings is 1. The summed E-state index contributed by atoms with van der Waals surface area (Å²) in [6.45, 7) is 1.80. The summed E-state index contributed by atoms with van der Waals surface area (Å²) in [5, 5.41) is 10.00. The van der Waals surface area contributed by atoms with E-state index in [9.17, 15) is 14.5 Å². The number of benzene rings is 1. The molecule has 0 amide bonds. The topological polar surface area (TPSA) is 65.3 Å². The Morgan fingerprint density at radius 2 is 2.30 bits per heavy atom. The van der Waals surface area contributed by atoms with Crippen LogP contribution in [-0.2, 0) is 11.3 Å². The molecule has 5 nitrogen and oxygen atoms in total. The zero-order valence-corrected chi connectivity index (χ0v) is 12.0. The molecule has 0 saturated heterocycles. The summed E-state index contributed by atoms with van der Waals surface area (Å²) in [5.74, 6) is -0.483. The first-order valence-corrected chi connectivity index (χ1v) is 6.86. The van der Waals surface area contributed by atoms with Crippen molar-refractivity contribution in [3.63, 3.8) is 0 Å². The molecular formula is C12H10ClFN2O3S. The average molecular weight is 317 g/mol. The molecule has 8 heteroatoms. The first-order chi connectivity index (χ1) is 9.47. The number of hydrogen-bond donors (Lipinski definition) is 0. The van der Waals surface area contributed by atoms with Crippen molar-refractivity contribution >= 4 is 22.9 Å². The lowest BCUT2D eigenvalue weighted by Gasteiger charge is -1.98. The SMILES string of the molecule is Cc1nc(-c2ccc(F)c(Cl)c2)sc1CCO[N+](=O)[O-]. The monoisotopic (exact) mass is 316 g/mol. The van der Waals surface area contributed by atoms with Crippen molar-refractivity contribution < 1.29 is 14.3 Å². The van der Waals surface area contributed by atoms with Gasteiger partial charge in [-0.1, -0.05) is 11.6 Å². The van der Waals surface area contributed by atoms with Gasteiger partial charge in [-0.05, 0) is 25.1 Å². The van der Waals surface area contributed by atoms with E-state index < -0.39 is 10.9 Å². The second kappa shape index (κ2) is 6.15. The highest BCUT2D eigenvalue weighted by molar-refractivity contribution is 7.15.